The summed E-state index contributed by atoms with van der Waals surface area (Å²) in [4.78, 5) is 11.2. The predicted octanol–water partition coefficient (Wildman–Crippen LogP) is 3.04. The summed E-state index contributed by atoms with van der Waals surface area (Å²) < 4.78 is 16.1. The van der Waals surface area contributed by atoms with Crippen LogP contribution in [0.1, 0.15) is 5.82 Å². The first-order valence-electron chi connectivity index (χ1n) is 7.97. The molecule has 1 aromatic heterocycles. The van der Waals surface area contributed by atoms with Crippen LogP contribution in [-0.4, -0.2) is 50.5 Å². The maximum absolute atomic E-state index is 6.16. The van der Waals surface area contributed by atoms with Gasteiger partial charge in [-0.05, 0) is 6.92 Å². The highest BCUT2D eigenvalue weighted by Crippen LogP contribution is 2.37. The Kier molecular flexibility index (Phi) is 5.45. The Morgan fingerprint density at radius 1 is 1.08 bits per heavy atom. The van der Waals surface area contributed by atoms with Crippen molar-refractivity contribution in [2.24, 2.45) is 0 Å². The number of ether oxygens (including phenoxy) is 3. The van der Waals surface area contributed by atoms with Crippen LogP contribution >= 0.6 is 11.6 Å². The molecule has 1 aliphatic heterocycles. The average Bonchev–Trinajstić information content (AvgIpc) is 2.63. The molecule has 0 aliphatic carbocycles. The molecule has 25 heavy (non-hydrogen) atoms. The third kappa shape index (κ3) is 4.05. The number of nitrogens with zero attached hydrogens (tertiary/aromatic N) is 3. The van der Waals surface area contributed by atoms with E-state index in [-0.39, 0.29) is 0 Å². The summed E-state index contributed by atoms with van der Waals surface area (Å²) in [6.07, 6.45) is 0. The number of hydrogen-bond acceptors (Lipinski definition) is 7. The molecular formula is C17H21ClN4O3. The third-order valence-electron chi connectivity index (χ3n) is 3.90. The van der Waals surface area contributed by atoms with Crippen LogP contribution in [0.5, 0.6) is 11.5 Å². The van der Waals surface area contributed by atoms with Gasteiger partial charge in [-0.2, -0.15) is 0 Å². The van der Waals surface area contributed by atoms with Gasteiger partial charge < -0.3 is 24.4 Å². The summed E-state index contributed by atoms with van der Waals surface area (Å²) in [5.41, 5.74) is 0.717. The van der Waals surface area contributed by atoms with E-state index in [9.17, 15) is 0 Å². The molecule has 1 saturated heterocycles. The van der Waals surface area contributed by atoms with Gasteiger partial charge in [0.1, 0.15) is 29.0 Å². The number of benzene rings is 1. The van der Waals surface area contributed by atoms with Gasteiger partial charge in [0.2, 0.25) is 0 Å². The molecule has 1 N–H and O–H groups in total. The standard InChI is InChI=1S/C17H21ClN4O3/c1-11-19-16(10-17(20-11)22-4-6-25-7-5-22)21-13-9-14(23-2)12(18)8-15(13)24-3/h8-10H,4-7H2,1-3H3,(H,19,20,21). The van der Waals surface area contributed by atoms with Gasteiger partial charge in [-0.1, -0.05) is 11.6 Å². The summed E-state index contributed by atoms with van der Waals surface area (Å²) in [5.74, 6) is 3.40. The molecule has 2 heterocycles. The Bertz CT molecular complexity index is 751. The van der Waals surface area contributed by atoms with Gasteiger partial charge in [-0.3, -0.25) is 0 Å². The fraction of sp³-hybridized carbons (Fsp3) is 0.412. The topological polar surface area (TPSA) is 68.7 Å². The van der Waals surface area contributed by atoms with Crippen molar-refractivity contribution in [2.45, 2.75) is 6.92 Å². The van der Waals surface area contributed by atoms with Gasteiger partial charge in [0, 0.05) is 31.3 Å². The largest absolute Gasteiger partial charge is 0.495 e. The minimum absolute atomic E-state index is 0.484. The molecule has 0 bridgehead atoms. The smallest absolute Gasteiger partial charge is 0.144 e. The molecule has 7 nitrogen and oxygen atoms in total. The number of aryl methyl sites for hydroxylation is 1. The lowest BCUT2D eigenvalue weighted by Gasteiger charge is -2.28. The molecule has 0 saturated carbocycles. The minimum atomic E-state index is 0.484. The Morgan fingerprint density at radius 3 is 2.48 bits per heavy atom. The second-order valence-electron chi connectivity index (χ2n) is 5.57. The van der Waals surface area contributed by atoms with Crippen LogP contribution in [-0.2, 0) is 4.74 Å². The third-order valence-corrected chi connectivity index (χ3v) is 4.19. The van der Waals surface area contributed by atoms with E-state index >= 15 is 0 Å². The van der Waals surface area contributed by atoms with E-state index < -0.39 is 0 Å². The van der Waals surface area contributed by atoms with Crippen LogP contribution in [0, 0.1) is 6.92 Å². The first-order chi connectivity index (χ1) is 12.1. The lowest BCUT2D eigenvalue weighted by molar-refractivity contribution is 0.122. The fourth-order valence-corrected chi connectivity index (χ4v) is 2.90. The Hall–Kier alpha value is -2.25. The van der Waals surface area contributed by atoms with E-state index in [1.807, 2.05) is 13.0 Å². The monoisotopic (exact) mass is 364 g/mol. The summed E-state index contributed by atoms with van der Waals surface area (Å²) in [6, 6.07) is 5.41. The van der Waals surface area contributed by atoms with Gasteiger partial charge in [-0.25, -0.2) is 9.97 Å². The fourth-order valence-electron chi connectivity index (χ4n) is 2.67. The van der Waals surface area contributed by atoms with Gasteiger partial charge in [0.15, 0.2) is 0 Å². The molecule has 8 heteroatoms. The normalized spacial score (nSPS) is 14.3. The van der Waals surface area contributed by atoms with E-state index in [0.29, 0.717) is 41.4 Å². The quantitative estimate of drug-likeness (QED) is 0.874. The van der Waals surface area contributed by atoms with E-state index in [1.54, 1.807) is 26.4 Å². The highest BCUT2D eigenvalue weighted by atomic mass is 35.5. The van der Waals surface area contributed by atoms with Crippen LogP contribution in [0.2, 0.25) is 5.02 Å². The Labute approximate surface area is 151 Å². The van der Waals surface area contributed by atoms with Gasteiger partial charge in [0.05, 0.1) is 38.1 Å². The number of aromatic nitrogens is 2. The van der Waals surface area contributed by atoms with Crippen molar-refractivity contribution in [3.05, 3.63) is 29.0 Å². The highest BCUT2D eigenvalue weighted by molar-refractivity contribution is 6.32. The molecular weight excluding hydrogens is 344 g/mol. The van der Waals surface area contributed by atoms with Crippen molar-refractivity contribution in [3.8, 4) is 11.5 Å². The molecule has 1 aliphatic rings. The zero-order valence-electron chi connectivity index (χ0n) is 14.5. The summed E-state index contributed by atoms with van der Waals surface area (Å²) in [5, 5.41) is 3.76. The number of methoxy groups -OCH3 is 2. The number of anilines is 3. The van der Waals surface area contributed by atoms with Crippen molar-refractivity contribution in [2.75, 3.05) is 50.7 Å². The van der Waals surface area contributed by atoms with E-state index in [0.717, 1.165) is 24.6 Å². The zero-order chi connectivity index (χ0) is 17.8. The number of rotatable bonds is 5. The van der Waals surface area contributed by atoms with Crippen LogP contribution in [0.4, 0.5) is 17.3 Å². The van der Waals surface area contributed by atoms with Crippen molar-refractivity contribution < 1.29 is 14.2 Å². The molecule has 0 amide bonds. The highest BCUT2D eigenvalue weighted by Gasteiger charge is 2.16. The lowest BCUT2D eigenvalue weighted by Crippen LogP contribution is -2.36. The molecule has 1 aromatic carbocycles. The van der Waals surface area contributed by atoms with Gasteiger partial charge in [-0.15, -0.1) is 0 Å². The van der Waals surface area contributed by atoms with Crippen molar-refractivity contribution in [3.63, 3.8) is 0 Å². The van der Waals surface area contributed by atoms with Crippen LogP contribution < -0.4 is 19.7 Å². The van der Waals surface area contributed by atoms with Crippen LogP contribution in [0.25, 0.3) is 0 Å². The number of halogens is 1. The minimum Gasteiger partial charge on any atom is -0.495 e. The van der Waals surface area contributed by atoms with Gasteiger partial charge >= 0.3 is 0 Å². The molecule has 0 unspecified atom stereocenters. The zero-order valence-corrected chi connectivity index (χ0v) is 15.3. The second kappa shape index (κ2) is 7.76. The van der Waals surface area contributed by atoms with Crippen LogP contribution in [0.15, 0.2) is 18.2 Å². The second-order valence-corrected chi connectivity index (χ2v) is 5.98. The van der Waals surface area contributed by atoms with Crippen LogP contribution in [0.3, 0.4) is 0 Å². The van der Waals surface area contributed by atoms with Gasteiger partial charge in [0.25, 0.3) is 0 Å². The van der Waals surface area contributed by atoms with Crippen molar-refractivity contribution in [1.82, 2.24) is 9.97 Å². The maximum atomic E-state index is 6.16. The predicted molar refractivity (Wildman–Crippen MR) is 97.6 cm³/mol. The lowest BCUT2D eigenvalue weighted by atomic mass is 10.2. The average molecular weight is 365 g/mol. The van der Waals surface area contributed by atoms with Crippen molar-refractivity contribution >= 4 is 28.9 Å². The molecule has 134 valence electrons. The summed E-state index contributed by atoms with van der Waals surface area (Å²) >= 11 is 6.16. The molecule has 0 spiro atoms. The van der Waals surface area contributed by atoms with E-state index in [4.69, 9.17) is 25.8 Å². The Balaban J connectivity index is 1.91. The first kappa shape index (κ1) is 17.6. The molecule has 3 rings (SSSR count). The van der Waals surface area contributed by atoms with E-state index in [1.165, 1.54) is 0 Å². The SMILES string of the molecule is COc1cc(Nc2cc(N3CCOCC3)nc(C)n2)c(OC)cc1Cl. The molecule has 0 atom stereocenters. The Morgan fingerprint density at radius 2 is 1.80 bits per heavy atom. The maximum Gasteiger partial charge on any atom is 0.144 e. The van der Waals surface area contributed by atoms with Crippen molar-refractivity contribution in [1.29, 1.82) is 0 Å². The molecule has 0 radical (unpaired) electrons. The number of nitrogens with one attached hydrogen (secondary N) is 1. The molecule has 1 fully saturated rings. The molecule has 2 aromatic rings. The summed E-state index contributed by atoms with van der Waals surface area (Å²) in [6.45, 7) is 4.90. The number of morpholine rings is 1. The van der Waals surface area contributed by atoms with E-state index in [2.05, 4.69) is 20.2 Å². The first-order valence-corrected chi connectivity index (χ1v) is 8.35. The number of hydrogen-bond donors (Lipinski definition) is 1. The summed E-state index contributed by atoms with van der Waals surface area (Å²) in [7, 11) is 3.16.